The first kappa shape index (κ1) is 11.9. The molecule has 0 aromatic carbocycles. The van der Waals surface area contributed by atoms with Crippen molar-refractivity contribution in [3.63, 3.8) is 0 Å². The Morgan fingerprint density at radius 1 is 1.28 bits per heavy atom. The highest BCUT2D eigenvalue weighted by atomic mass is 15.3. The maximum absolute atomic E-state index is 4.73. The Balaban J connectivity index is 1.82. The van der Waals surface area contributed by atoms with Gasteiger partial charge in [0.15, 0.2) is 0 Å². The molecule has 1 aromatic heterocycles. The van der Waals surface area contributed by atoms with E-state index in [1.165, 1.54) is 12.8 Å². The number of fused-ring (bicyclic) bond motifs is 2. The Hall–Kier alpha value is -1.16. The second-order valence-corrected chi connectivity index (χ2v) is 5.58. The standard InChI is InChI=1S/C14H22N4/c1-3-4-13-15-10(2)7-14(17-13)18-8-11-5-6-12(9-18)16-11/h7,11-12,16H,3-6,8-9H2,1-2H3/t11-,12+. The largest absolute Gasteiger partial charge is 0.353 e. The van der Waals surface area contributed by atoms with Crippen LogP contribution in [-0.2, 0) is 6.42 Å². The molecular formula is C14H22N4. The van der Waals surface area contributed by atoms with Crippen molar-refractivity contribution in [1.29, 1.82) is 0 Å². The van der Waals surface area contributed by atoms with Crippen LogP contribution in [0.3, 0.4) is 0 Å². The number of piperazine rings is 1. The van der Waals surface area contributed by atoms with Gasteiger partial charge in [-0.2, -0.15) is 0 Å². The first-order chi connectivity index (χ1) is 8.74. The molecule has 2 aliphatic heterocycles. The Labute approximate surface area is 109 Å². The predicted octanol–water partition coefficient (Wildman–Crippen LogP) is 1.68. The van der Waals surface area contributed by atoms with E-state index in [0.29, 0.717) is 12.1 Å². The molecule has 0 spiro atoms. The molecule has 4 heteroatoms. The van der Waals surface area contributed by atoms with E-state index in [9.17, 15) is 0 Å². The number of rotatable bonds is 3. The van der Waals surface area contributed by atoms with Crippen LogP contribution in [0.1, 0.15) is 37.7 Å². The van der Waals surface area contributed by atoms with Gasteiger partial charge >= 0.3 is 0 Å². The summed E-state index contributed by atoms with van der Waals surface area (Å²) in [5.41, 5.74) is 1.09. The molecule has 0 aliphatic carbocycles. The predicted molar refractivity (Wildman–Crippen MR) is 72.9 cm³/mol. The van der Waals surface area contributed by atoms with E-state index in [0.717, 1.165) is 43.3 Å². The van der Waals surface area contributed by atoms with Gasteiger partial charge in [0, 0.05) is 43.4 Å². The fourth-order valence-corrected chi connectivity index (χ4v) is 3.09. The summed E-state index contributed by atoms with van der Waals surface area (Å²) >= 11 is 0. The molecule has 2 bridgehead atoms. The summed E-state index contributed by atoms with van der Waals surface area (Å²) in [6.45, 7) is 6.44. The van der Waals surface area contributed by atoms with Gasteiger partial charge in [-0.1, -0.05) is 6.92 Å². The molecule has 3 heterocycles. The molecule has 18 heavy (non-hydrogen) atoms. The smallest absolute Gasteiger partial charge is 0.132 e. The maximum atomic E-state index is 4.73. The lowest BCUT2D eigenvalue weighted by atomic mass is 10.2. The van der Waals surface area contributed by atoms with Crippen molar-refractivity contribution < 1.29 is 0 Å². The first-order valence-corrected chi connectivity index (χ1v) is 7.10. The minimum absolute atomic E-state index is 0.661. The van der Waals surface area contributed by atoms with Crippen LogP contribution < -0.4 is 10.2 Å². The highest BCUT2D eigenvalue weighted by molar-refractivity contribution is 5.41. The lowest BCUT2D eigenvalue weighted by molar-refractivity contribution is 0.463. The molecule has 0 unspecified atom stereocenters. The quantitative estimate of drug-likeness (QED) is 0.881. The second-order valence-electron chi connectivity index (χ2n) is 5.58. The van der Waals surface area contributed by atoms with Crippen LogP contribution in [0.5, 0.6) is 0 Å². The Morgan fingerprint density at radius 2 is 2.00 bits per heavy atom. The van der Waals surface area contributed by atoms with Crippen LogP contribution in [0, 0.1) is 6.92 Å². The number of aromatic nitrogens is 2. The number of hydrogen-bond acceptors (Lipinski definition) is 4. The first-order valence-electron chi connectivity index (χ1n) is 7.10. The van der Waals surface area contributed by atoms with Gasteiger partial charge < -0.3 is 10.2 Å². The number of hydrogen-bond donors (Lipinski definition) is 1. The van der Waals surface area contributed by atoms with Crippen molar-refractivity contribution in [2.45, 2.75) is 51.6 Å². The molecule has 2 aliphatic rings. The highest BCUT2D eigenvalue weighted by Gasteiger charge is 2.32. The van der Waals surface area contributed by atoms with Crippen LogP contribution >= 0.6 is 0 Å². The van der Waals surface area contributed by atoms with Gasteiger partial charge in [-0.3, -0.25) is 0 Å². The van der Waals surface area contributed by atoms with Gasteiger partial charge in [-0.05, 0) is 26.2 Å². The third kappa shape index (κ3) is 2.34. The Morgan fingerprint density at radius 3 is 2.67 bits per heavy atom. The normalized spacial score (nSPS) is 26.7. The van der Waals surface area contributed by atoms with Gasteiger partial charge in [0.2, 0.25) is 0 Å². The third-order valence-electron chi connectivity index (χ3n) is 3.90. The molecule has 4 nitrogen and oxygen atoms in total. The van der Waals surface area contributed by atoms with E-state index < -0.39 is 0 Å². The zero-order valence-corrected chi connectivity index (χ0v) is 11.3. The van der Waals surface area contributed by atoms with Gasteiger partial charge in [-0.25, -0.2) is 9.97 Å². The summed E-state index contributed by atoms with van der Waals surface area (Å²) in [5, 5.41) is 3.66. The van der Waals surface area contributed by atoms with E-state index >= 15 is 0 Å². The molecule has 98 valence electrons. The van der Waals surface area contributed by atoms with Crippen molar-refractivity contribution in [2.75, 3.05) is 18.0 Å². The number of anilines is 1. The maximum Gasteiger partial charge on any atom is 0.132 e. The van der Waals surface area contributed by atoms with Crippen LogP contribution in [-0.4, -0.2) is 35.1 Å². The molecule has 1 N–H and O–H groups in total. The number of nitrogens with zero attached hydrogens (tertiary/aromatic N) is 3. The Kier molecular flexibility index (Phi) is 3.20. The number of nitrogens with one attached hydrogen (secondary N) is 1. The lowest BCUT2D eigenvalue weighted by Gasteiger charge is -2.34. The summed E-state index contributed by atoms with van der Waals surface area (Å²) in [4.78, 5) is 11.7. The Bertz CT molecular complexity index is 420. The average Bonchev–Trinajstić information content (AvgIpc) is 2.68. The molecule has 2 atom stereocenters. The van der Waals surface area contributed by atoms with E-state index in [-0.39, 0.29) is 0 Å². The van der Waals surface area contributed by atoms with Crippen LogP contribution in [0.4, 0.5) is 5.82 Å². The van der Waals surface area contributed by atoms with Crippen LogP contribution in [0.25, 0.3) is 0 Å². The van der Waals surface area contributed by atoms with E-state index in [1.54, 1.807) is 0 Å². The average molecular weight is 246 g/mol. The van der Waals surface area contributed by atoms with Gasteiger partial charge in [0.05, 0.1) is 0 Å². The van der Waals surface area contributed by atoms with Crippen LogP contribution in [0.2, 0.25) is 0 Å². The lowest BCUT2D eigenvalue weighted by Crippen LogP contribution is -2.51. The fourth-order valence-electron chi connectivity index (χ4n) is 3.09. The van der Waals surface area contributed by atoms with Crippen molar-refractivity contribution in [2.24, 2.45) is 0 Å². The topological polar surface area (TPSA) is 41.1 Å². The monoisotopic (exact) mass is 246 g/mol. The molecule has 1 aromatic rings. The third-order valence-corrected chi connectivity index (χ3v) is 3.90. The van der Waals surface area contributed by atoms with Crippen molar-refractivity contribution in [3.8, 4) is 0 Å². The summed E-state index contributed by atoms with van der Waals surface area (Å²) in [6, 6.07) is 3.45. The summed E-state index contributed by atoms with van der Waals surface area (Å²) in [6.07, 6.45) is 4.71. The van der Waals surface area contributed by atoms with Crippen molar-refractivity contribution >= 4 is 5.82 Å². The highest BCUT2D eigenvalue weighted by Crippen LogP contribution is 2.24. The summed E-state index contributed by atoms with van der Waals surface area (Å²) in [5.74, 6) is 2.13. The molecule has 0 radical (unpaired) electrons. The summed E-state index contributed by atoms with van der Waals surface area (Å²) < 4.78 is 0. The van der Waals surface area contributed by atoms with E-state index in [1.807, 2.05) is 0 Å². The van der Waals surface area contributed by atoms with Gasteiger partial charge in [-0.15, -0.1) is 0 Å². The molecule has 2 saturated heterocycles. The van der Waals surface area contributed by atoms with Crippen molar-refractivity contribution in [3.05, 3.63) is 17.6 Å². The molecule has 3 rings (SSSR count). The van der Waals surface area contributed by atoms with Gasteiger partial charge in [0.1, 0.15) is 11.6 Å². The SMILES string of the molecule is CCCc1nc(C)cc(N2C[C@H]3CC[C@@H](C2)N3)n1. The molecule has 0 saturated carbocycles. The number of aryl methyl sites for hydroxylation is 2. The minimum atomic E-state index is 0.661. The molecular weight excluding hydrogens is 224 g/mol. The summed E-state index contributed by atoms with van der Waals surface area (Å²) in [7, 11) is 0. The zero-order chi connectivity index (χ0) is 12.5. The van der Waals surface area contributed by atoms with Crippen molar-refractivity contribution in [1.82, 2.24) is 15.3 Å². The molecule has 2 fully saturated rings. The van der Waals surface area contributed by atoms with E-state index in [2.05, 4.69) is 35.1 Å². The molecule has 0 amide bonds. The van der Waals surface area contributed by atoms with E-state index in [4.69, 9.17) is 4.98 Å². The van der Waals surface area contributed by atoms with Crippen LogP contribution in [0.15, 0.2) is 6.07 Å². The fraction of sp³-hybridized carbons (Fsp3) is 0.714. The minimum Gasteiger partial charge on any atom is -0.353 e. The van der Waals surface area contributed by atoms with Gasteiger partial charge in [0.25, 0.3) is 0 Å². The second kappa shape index (κ2) is 4.84. The zero-order valence-electron chi connectivity index (χ0n) is 11.3.